The summed E-state index contributed by atoms with van der Waals surface area (Å²) < 4.78 is 0. The van der Waals surface area contributed by atoms with Crippen molar-refractivity contribution in [1.82, 2.24) is 5.32 Å². The molecule has 4 aromatic carbocycles. The van der Waals surface area contributed by atoms with Gasteiger partial charge in [0.05, 0.1) is 5.70 Å². The number of benzene rings is 4. The minimum absolute atomic E-state index is 0.141. The van der Waals surface area contributed by atoms with Crippen LogP contribution in [0.4, 0.5) is 0 Å². The summed E-state index contributed by atoms with van der Waals surface area (Å²) in [6, 6.07) is 38.4. The van der Waals surface area contributed by atoms with E-state index in [4.69, 9.17) is 0 Å². The first-order valence-electron chi connectivity index (χ1n) is 10.9. The third kappa shape index (κ3) is 3.82. The van der Waals surface area contributed by atoms with Gasteiger partial charge in [-0.2, -0.15) is 0 Å². The monoisotopic (exact) mass is 448 g/mol. The average molecular weight is 448 g/mol. The highest BCUT2D eigenvalue weighted by Gasteiger charge is 2.45. The van der Waals surface area contributed by atoms with Crippen molar-refractivity contribution in [2.45, 2.75) is 0 Å². The van der Waals surface area contributed by atoms with Gasteiger partial charge in [0, 0.05) is 17.2 Å². The van der Waals surface area contributed by atoms with Crippen molar-refractivity contribution in [3.63, 3.8) is 0 Å². The van der Waals surface area contributed by atoms with Crippen LogP contribution in [0.5, 0.6) is 0 Å². The minimum Gasteiger partial charge on any atom is -0.349 e. The zero-order valence-electron chi connectivity index (χ0n) is 18.0. The fraction of sp³-hybridized carbons (Fsp3) is 0.0345. The van der Waals surface area contributed by atoms with E-state index < -0.39 is 7.26 Å². The average Bonchev–Trinajstić information content (AvgIpc) is 2.89. The second kappa shape index (κ2) is 8.97. The zero-order chi connectivity index (χ0) is 22.7. The Hall–Kier alpha value is -3.81. The van der Waals surface area contributed by atoms with Crippen LogP contribution in [0, 0.1) is 0 Å². The Balaban J connectivity index is 1.62. The molecule has 0 saturated heterocycles. The molecule has 0 radical (unpaired) electrons. The van der Waals surface area contributed by atoms with Crippen LogP contribution in [0.25, 0.3) is 0 Å². The Kier molecular flexibility index (Phi) is 5.73. The van der Waals surface area contributed by atoms with Crippen molar-refractivity contribution in [3.05, 3.63) is 138 Å². The molecule has 4 heteroatoms. The molecular formula is C29H23NO2P+. The van der Waals surface area contributed by atoms with Gasteiger partial charge in [0.25, 0.3) is 0 Å². The number of carbonyl (C=O) groups is 2. The standard InChI is InChI=1S/C29H22NO2P/c31-28-20-27(29(32)26-19-11-10-18-25(26)28)30-21-33(22-12-4-1-5-13-22,23-14-6-2-7-15-23)24-16-8-3-9-17-24/h1-20H,21H2/p+1. The minimum atomic E-state index is -2.17. The van der Waals surface area contributed by atoms with Crippen LogP contribution in [0.1, 0.15) is 20.7 Å². The van der Waals surface area contributed by atoms with E-state index in [0.717, 1.165) is 0 Å². The quantitative estimate of drug-likeness (QED) is 0.442. The summed E-state index contributed by atoms with van der Waals surface area (Å²) >= 11 is 0. The maximum atomic E-state index is 13.2. The van der Waals surface area contributed by atoms with E-state index in [9.17, 15) is 9.59 Å². The van der Waals surface area contributed by atoms with Gasteiger partial charge in [-0.05, 0) is 36.4 Å². The summed E-state index contributed by atoms with van der Waals surface area (Å²) in [5, 5.41) is 7.06. The number of hydrogen-bond acceptors (Lipinski definition) is 3. The van der Waals surface area contributed by atoms with Gasteiger partial charge in [-0.15, -0.1) is 0 Å². The van der Waals surface area contributed by atoms with Crippen LogP contribution in [-0.4, -0.2) is 17.9 Å². The lowest BCUT2D eigenvalue weighted by atomic mass is 9.93. The number of ketones is 2. The SMILES string of the molecule is O=C1C=C(NC[P+](c2ccccc2)(c2ccccc2)c2ccccc2)C(=O)c2ccccc21. The van der Waals surface area contributed by atoms with Crippen LogP contribution in [0.3, 0.4) is 0 Å². The van der Waals surface area contributed by atoms with Gasteiger partial charge in [-0.25, -0.2) is 0 Å². The smallest absolute Gasteiger partial charge is 0.209 e. The number of carbonyl (C=O) groups excluding carboxylic acids is 2. The van der Waals surface area contributed by atoms with Crippen molar-refractivity contribution < 1.29 is 9.59 Å². The van der Waals surface area contributed by atoms with Crippen LogP contribution in [0.2, 0.25) is 0 Å². The van der Waals surface area contributed by atoms with Crippen molar-refractivity contribution in [2.24, 2.45) is 0 Å². The summed E-state index contributed by atoms with van der Waals surface area (Å²) in [6.45, 7) is 0. The van der Waals surface area contributed by atoms with E-state index in [0.29, 0.717) is 23.1 Å². The summed E-state index contributed by atoms with van der Waals surface area (Å²) in [6.07, 6.45) is 1.97. The molecule has 0 aliphatic heterocycles. The van der Waals surface area contributed by atoms with E-state index in [-0.39, 0.29) is 11.6 Å². The summed E-state index contributed by atoms with van der Waals surface area (Å²) in [4.78, 5) is 25.9. The second-order valence-corrected chi connectivity index (χ2v) is 11.4. The Labute approximate surface area is 194 Å². The van der Waals surface area contributed by atoms with E-state index in [1.807, 2.05) is 18.2 Å². The van der Waals surface area contributed by atoms with Crippen LogP contribution < -0.4 is 21.2 Å². The Morgan fingerprint density at radius 1 is 0.545 bits per heavy atom. The highest BCUT2D eigenvalue weighted by molar-refractivity contribution is 7.95. The fourth-order valence-corrected chi connectivity index (χ4v) is 8.31. The number of nitrogens with one attached hydrogen (secondary N) is 1. The molecule has 0 aromatic heterocycles. The third-order valence-corrected chi connectivity index (χ3v) is 10.2. The normalized spacial score (nSPS) is 13.3. The highest BCUT2D eigenvalue weighted by Crippen LogP contribution is 2.54. The fourth-order valence-electron chi connectivity index (χ4n) is 4.42. The van der Waals surface area contributed by atoms with Crippen molar-refractivity contribution >= 4 is 34.7 Å². The highest BCUT2D eigenvalue weighted by atomic mass is 31.2. The molecule has 1 N–H and O–H groups in total. The molecule has 3 nitrogen and oxygen atoms in total. The maximum Gasteiger partial charge on any atom is 0.209 e. The molecule has 0 saturated carbocycles. The predicted octanol–water partition coefficient (Wildman–Crippen LogP) is 4.49. The summed E-state index contributed by atoms with van der Waals surface area (Å²) in [5.41, 5.74) is 1.27. The van der Waals surface area contributed by atoms with Gasteiger partial charge < -0.3 is 5.32 Å². The molecule has 4 aromatic rings. The van der Waals surface area contributed by atoms with Crippen LogP contribution >= 0.6 is 7.26 Å². The summed E-state index contributed by atoms with van der Waals surface area (Å²) in [7, 11) is -2.17. The number of Topliss-reactive ketones (excluding diaryl/α,β-unsaturated/α-hetero) is 1. The van der Waals surface area contributed by atoms with Gasteiger partial charge in [0.2, 0.25) is 5.78 Å². The lowest BCUT2D eigenvalue weighted by Gasteiger charge is -2.29. The lowest BCUT2D eigenvalue weighted by molar-refractivity contribution is 0.0979. The van der Waals surface area contributed by atoms with Crippen LogP contribution in [0.15, 0.2) is 127 Å². The molecule has 0 heterocycles. The number of hydrogen-bond donors (Lipinski definition) is 1. The van der Waals surface area contributed by atoms with Crippen molar-refractivity contribution in [1.29, 1.82) is 0 Å². The van der Waals surface area contributed by atoms with Crippen LogP contribution in [-0.2, 0) is 0 Å². The number of allylic oxidation sites excluding steroid dienone is 2. The topological polar surface area (TPSA) is 46.2 Å². The second-order valence-electron chi connectivity index (χ2n) is 7.95. The van der Waals surface area contributed by atoms with E-state index in [2.05, 4.69) is 78.1 Å². The molecule has 33 heavy (non-hydrogen) atoms. The van der Waals surface area contributed by atoms with E-state index in [1.54, 1.807) is 24.3 Å². The molecule has 5 rings (SSSR count). The maximum absolute atomic E-state index is 13.2. The van der Waals surface area contributed by atoms with E-state index in [1.165, 1.54) is 22.0 Å². The molecule has 1 aliphatic carbocycles. The molecule has 0 amide bonds. The van der Waals surface area contributed by atoms with Gasteiger partial charge in [-0.1, -0.05) is 78.9 Å². The Bertz CT molecular complexity index is 1240. The molecular weight excluding hydrogens is 425 g/mol. The van der Waals surface area contributed by atoms with Gasteiger partial charge in [0.15, 0.2) is 5.78 Å². The molecule has 0 spiro atoms. The first kappa shape index (κ1) is 21.1. The molecule has 0 bridgehead atoms. The van der Waals surface area contributed by atoms with Gasteiger partial charge in [-0.3, -0.25) is 9.59 Å². The molecule has 0 unspecified atom stereocenters. The molecule has 1 aliphatic rings. The first-order valence-corrected chi connectivity index (χ1v) is 12.9. The largest absolute Gasteiger partial charge is 0.349 e. The molecule has 0 atom stereocenters. The third-order valence-electron chi connectivity index (χ3n) is 6.05. The first-order chi connectivity index (χ1) is 16.2. The van der Waals surface area contributed by atoms with Crippen molar-refractivity contribution in [2.75, 3.05) is 6.29 Å². The van der Waals surface area contributed by atoms with Gasteiger partial charge >= 0.3 is 0 Å². The van der Waals surface area contributed by atoms with E-state index >= 15 is 0 Å². The Morgan fingerprint density at radius 2 is 0.970 bits per heavy atom. The number of rotatable bonds is 6. The molecule has 0 fully saturated rings. The predicted molar refractivity (Wildman–Crippen MR) is 136 cm³/mol. The Morgan fingerprint density at radius 3 is 1.45 bits per heavy atom. The van der Waals surface area contributed by atoms with Crippen molar-refractivity contribution in [3.8, 4) is 0 Å². The number of fused-ring (bicyclic) bond motifs is 1. The lowest BCUT2D eigenvalue weighted by Crippen LogP contribution is -2.39. The summed E-state index contributed by atoms with van der Waals surface area (Å²) in [5.74, 6) is -0.284. The molecule has 160 valence electrons. The van der Waals surface area contributed by atoms with Gasteiger partial charge in [0.1, 0.15) is 29.5 Å². The zero-order valence-corrected chi connectivity index (χ0v) is 18.9.